The van der Waals surface area contributed by atoms with Gasteiger partial charge in [0.2, 0.25) is 0 Å². The highest BCUT2D eigenvalue weighted by Crippen LogP contribution is 2.35. The molecule has 23 heavy (non-hydrogen) atoms. The molecule has 0 saturated heterocycles. The zero-order chi connectivity index (χ0) is 16.6. The topological polar surface area (TPSA) is 62.7 Å². The molecule has 3 rings (SSSR count). The van der Waals surface area contributed by atoms with Gasteiger partial charge in [-0.25, -0.2) is 9.78 Å². The average Bonchev–Trinajstić information content (AvgIpc) is 2.53. The van der Waals surface area contributed by atoms with Crippen LogP contribution < -0.4 is 9.64 Å². The van der Waals surface area contributed by atoms with Crippen LogP contribution in [-0.4, -0.2) is 29.3 Å². The molecule has 1 aliphatic heterocycles. The van der Waals surface area contributed by atoms with Gasteiger partial charge < -0.3 is 9.84 Å². The van der Waals surface area contributed by atoms with Crippen molar-refractivity contribution < 1.29 is 27.8 Å². The van der Waals surface area contributed by atoms with Gasteiger partial charge in [0.25, 0.3) is 0 Å². The third-order valence-corrected chi connectivity index (χ3v) is 3.38. The zero-order valence-electron chi connectivity index (χ0n) is 11.7. The van der Waals surface area contributed by atoms with E-state index in [1.54, 1.807) is 0 Å². The Hall–Kier alpha value is -2.77. The first-order valence-corrected chi connectivity index (χ1v) is 6.68. The average molecular weight is 324 g/mol. The first kappa shape index (κ1) is 15.1. The Morgan fingerprint density at radius 3 is 2.74 bits per heavy atom. The van der Waals surface area contributed by atoms with Crippen molar-refractivity contribution in [1.82, 2.24) is 4.98 Å². The van der Waals surface area contributed by atoms with E-state index >= 15 is 0 Å². The Balaban J connectivity index is 2.05. The minimum absolute atomic E-state index is 0.0821. The molecule has 0 saturated carbocycles. The Morgan fingerprint density at radius 2 is 2.04 bits per heavy atom. The van der Waals surface area contributed by atoms with Crippen LogP contribution in [0.1, 0.15) is 5.56 Å². The van der Waals surface area contributed by atoms with Gasteiger partial charge in [0.15, 0.2) is 11.6 Å². The number of hydrogen-bond donors (Lipinski definition) is 1. The number of benzene rings is 1. The van der Waals surface area contributed by atoms with E-state index in [1.807, 2.05) is 0 Å². The largest absolute Gasteiger partial charge is 0.488 e. The number of ether oxygens (including phenoxy) is 1. The molecule has 0 aliphatic carbocycles. The standard InChI is InChI=1S/C15H11F3N2O3/c16-15(17,18)10-3-1-2-9(8-10)11-4-5-12-13(19-11)20(14(21)22)6-7-23-12/h1-5,8H,6-7H2,(H,21,22). The summed E-state index contributed by atoms with van der Waals surface area (Å²) in [4.78, 5) is 16.4. The molecule has 2 aromatic rings. The van der Waals surface area contributed by atoms with Gasteiger partial charge in [-0.05, 0) is 24.3 Å². The highest BCUT2D eigenvalue weighted by Gasteiger charge is 2.31. The first-order valence-electron chi connectivity index (χ1n) is 6.68. The maximum absolute atomic E-state index is 12.8. The highest BCUT2D eigenvalue weighted by atomic mass is 19.4. The molecule has 1 amide bonds. The summed E-state index contributed by atoms with van der Waals surface area (Å²) in [6, 6.07) is 7.72. The van der Waals surface area contributed by atoms with Crippen molar-refractivity contribution >= 4 is 11.9 Å². The van der Waals surface area contributed by atoms with Gasteiger partial charge in [-0.15, -0.1) is 0 Å². The molecule has 120 valence electrons. The van der Waals surface area contributed by atoms with Gasteiger partial charge in [-0.3, -0.25) is 4.90 Å². The number of rotatable bonds is 1. The van der Waals surface area contributed by atoms with E-state index in [1.165, 1.54) is 24.3 Å². The fourth-order valence-electron chi connectivity index (χ4n) is 2.30. The third kappa shape index (κ3) is 2.92. The predicted molar refractivity (Wildman–Crippen MR) is 75.5 cm³/mol. The normalized spacial score (nSPS) is 14.1. The number of pyridine rings is 1. The predicted octanol–water partition coefficient (Wildman–Crippen LogP) is 3.64. The smallest absolute Gasteiger partial charge is 0.416 e. The summed E-state index contributed by atoms with van der Waals surface area (Å²) >= 11 is 0. The summed E-state index contributed by atoms with van der Waals surface area (Å²) < 4.78 is 43.7. The van der Waals surface area contributed by atoms with Gasteiger partial charge in [-0.2, -0.15) is 13.2 Å². The molecule has 1 aliphatic rings. The number of nitrogens with zero attached hydrogens (tertiary/aromatic N) is 2. The van der Waals surface area contributed by atoms with Crippen LogP contribution in [-0.2, 0) is 6.18 Å². The second-order valence-electron chi connectivity index (χ2n) is 4.88. The summed E-state index contributed by atoms with van der Waals surface area (Å²) in [5.41, 5.74) is -0.300. The summed E-state index contributed by atoms with van der Waals surface area (Å²) in [7, 11) is 0. The lowest BCUT2D eigenvalue weighted by molar-refractivity contribution is -0.137. The lowest BCUT2D eigenvalue weighted by Gasteiger charge is -2.26. The molecular weight excluding hydrogens is 313 g/mol. The van der Waals surface area contributed by atoms with Crippen LogP contribution in [0, 0.1) is 0 Å². The zero-order valence-corrected chi connectivity index (χ0v) is 11.7. The van der Waals surface area contributed by atoms with Crippen molar-refractivity contribution in [2.24, 2.45) is 0 Å². The minimum Gasteiger partial charge on any atom is -0.488 e. The molecule has 1 aromatic heterocycles. The monoisotopic (exact) mass is 324 g/mol. The number of anilines is 1. The van der Waals surface area contributed by atoms with Gasteiger partial charge in [0, 0.05) is 5.56 Å². The van der Waals surface area contributed by atoms with Crippen molar-refractivity contribution in [2.75, 3.05) is 18.1 Å². The number of halogens is 3. The summed E-state index contributed by atoms with van der Waals surface area (Å²) in [6.45, 7) is 0.311. The Morgan fingerprint density at radius 1 is 1.26 bits per heavy atom. The molecule has 2 heterocycles. The van der Waals surface area contributed by atoms with Crippen molar-refractivity contribution in [3.8, 4) is 17.0 Å². The van der Waals surface area contributed by atoms with E-state index in [-0.39, 0.29) is 36.0 Å². The van der Waals surface area contributed by atoms with Gasteiger partial charge in [-0.1, -0.05) is 12.1 Å². The molecule has 0 atom stereocenters. The van der Waals surface area contributed by atoms with Crippen LogP contribution in [0.15, 0.2) is 36.4 Å². The first-order chi connectivity index (χ1) is 10.9. The molecular formula is C15H11F3N2O3. The summed E-state index contributed by atoms with van der Waals surface area (Å²) in [6.07, 6.45) is -5.65. The lowest BCUT2D eigenvalue weighted by Crippen LogP contribution is -2.37. The number of hydrogen-bond acceptors (Lipinski definition) is 3. The Kier molecular flexibility index (Phi) is 3.59. The molecule has 0 spiro atoms. The minimum atomic E-state index is -4.46. The van der Waals surface area contributed by atoms with Crippen LogP contribution in [0.4, 0.5) is 23.8 Å². The maximum atomic E-state index is 12.8. The van der Waals surface area contributed by atoms with Crippen molar-refractivity contribution in [3.63, 3.8) is 0 Å². The fourth-order valence-corrected chi connectivity index (χ4v) is 2.30. The van der Waals surface area contributed by atoms with Gasteiger partial charge in [0.05, 0.1) is 17.8 Å². The number of carboxylic acid groups (broad SMARTS) is 1. The summed E-state index contributed by atoms with van der Waals surface area (Å²) in [5, 5.41) is 9.18. The van der Waals surface area contributed by atoms with E-state index in [0.29, 0.717) is 0 Å². The Labute approximate surface area is 128 Å². The third-order valence-electron chi connectivity index (χ3n) is 3.38. The second kappa shape index (κ2) is 5.45. The van der Waals surface area contributed by atoms with E-state index in [0.717, 1.165) is 17.0 Å². The van der Waals surface area contributed by atoms with Crippen LogP contribution in [0.5, 0.6) is 5.75 Å². The molecule has 8 heteroatoms. The van der Waals surface area contributed by atoms with Crippen molar-refractivity contribution in [1.29, 1.82) is 0 Å². The van der Waals surface area contributed by atoms with E-state index in [9.17, 15) is 23.1 Å². The van der Waals surface area contributed by atoms with Crippen LogP contribution in [0.3, 0.4) is 0 Å². The maximum Gasteiger partial charge on any atom is 0.416 e. The van der Waals surface area contributed by atoms with Crippen LogP contribution in [0.2, 0.25) is 0 Å². The highest BCUT2D eigenvalue weighted by molar-refractivity contribution is 5.87. The van der Waals surface area contributed by atoms with Gasteiger partial charge >= 0.3 is 12.3 Å². The second-order valence-corrected chi connectivity index (χ2v) is 4.88. The molecule has 0 unspecified atom stereocenters. The quantitative estimate of drug-likeness (QED) is 0.870. The SMILES string of the molecule is O=C(O)N1CCOc2ccc(-c3cccc(C(F)(F)F)c3)nc21. The number of carbonyl (C=O) groups is 1. The van der Waals surface area contributed by atoms with Crippen molar-refractivity contribution in [3.05, 3.63) is 42.0 Å². The molecule has 0 bridgehead atoms. The van der Waals surface area contributed by atoms with E-state index in [2.05, 4.69) is 4.98 Å². The number of amides is 1. The van der Waals surface area contributed by atoms with Crippen LogP contribution >= 0.6 is 0 Å². The number of fused-ring (bicyclic) bond motifs is 1. The Bertz CT molecular complexity index is 762. The van der Waals surface area contributed by atoms with E-state index < -0.39 is 17.8 Å². The van der Waals surface area contributed by atoms with Crippen molar-refractivity contribution in [2.45, 2.75) is 6.18 Å². The molecule has 0 fully saturated rings. The number of aromatic nitrogens is 1. The lowest BCUT2D eigenvalue weighted by atomic mass is 10.1. The summed E-state index contributed by atoms with van der Waals surface area (Å²) in [5.74, 6) is 0.369. The van der Waals surface area contributed by atoms with Gasteiger partial charge in [0.1, 0.15) is 6.61 Å². The van der Waals surface area contributed by atoms with Crippen LogP contribution in [0.25, 0.3) is 11.3 Å². The molecule has 1 N–H and O–H groups in total. The number of alkyl halides is 3. The fraction of sp³-hybridized carbons (Fsp3) is 0.200. The van der Waals surface area contributed by atoms with E-state index in [4.69, 9.17) is 4.74 Å². The molecule has 1 aromatic carbocycles. The molecule has 5 nitrogen and oxygen atoms in total. The molecule has 0 radical (unpaired) electrons.